The molecule has 8 nitrogen and oxygen atoms in total. The van der Waals surface area contributed by atoms with Crippen LogP contribution in [0, 0.1) is 5.41 Å². The fourth-order valence-corrected chi connectivity index (χ4v) is 3.58. The van der Waals surface area contributed by atoms with E-state index in [1.807, 2.05) is 13.8 Å². The van der Waals surface area contributed by atoms with Crippen molar-refractivity contribution < 1.29 is 24.2 Å². The monoisotopic (exact) mass is 362 g/mol. The van der Waals surface area contributed by atoms with E-state index in [0.717, 1.165) is 0 Å². The summed E-state index contributed by atoms with van der Waals surface area (Å²) in [4.78, 5) is 52.5. The van der Waals surface area contributed by atoms with Gasteiger partial charge in [0.15, 0.2) is 5.78 Å². The topological polar surface area (TPSA) is 117 Å². The average Bonchev–Trinajstić information content (AvgIpc) is 2.52. The molecule has 0 aromatic carbocycles. The molecular formula is C18H22N2O6. The van der Waals surface area contributed by atoms with Crippen LogP contribution in [0.5, 0.6) is 0 Å². The lowest BCUT2D eigenvalue weighted by atomic mass is 9.75. The molecular weight excluding hydrogens is 340 g/mol. The van der Waals surface area contributed by atoms with Crippen molar-refractivity contribution in [1.82, 2.24) is 9.88 Å². The molecule has 3 rings (SSSR count). The van der Waals surface area contributed by atoms with Crippen LogP contribution in [-0.4, -0.2) is 58.5 Å². The van der Waals surface area contributed by atoms with Crippen LogP contribution in [0.2, 0.25) is 0 Å². The summed E-state index contributed by atoms with van der Waals surface area (Å²) < 4.78 is 5.35. The van der Waals surface area contributed by atoms with Crippen LogP contribution in [0.25, 0.3) is 0 Å². The number of nitrogens with one attached hydrogen (secondary N) is 1. The number of rotatable bonds is 3. The van der Waals surface area contributed by atoms with Crippen molar-refractivity contribution in [3.8, 4) is 0 Å². The summed E-state index contributed by atoms with van der Waals surface area (Å²) in [6, 6.07) is 1.38. The molecule has 1 aromatic rings. The molecule has 1 aliphatic carbocycles. The second-order valence-electron chi connectivity index (χ2n) is 7.69. The Balaban J connectivity index is 1.87. The van der Waals surface area contributed by atoms with Gasteiger partial charge in [0.25, 0.3) is 11.5 Å². The van der Waals surface area contributed by atoms with Gasteiger partial charge in [-0.05, 0) is 17.9 Å². The number of ether oxygens (including phenoxy) is 1. The highest BCUT2D eigenvalue weighted by Gasteiger charge is 2.34. The first-order valence-electron chi connectivity index (χ1n) is 8.58. The van der Waals surface area contributed by atoms with E-state index >= 15 is 0 Å². The number of aliphatic carboxylic acids is 1. The molecule has 0 saturated carbocycles. The van der Waals surface area contributed by atoms with Gasteiger partial charge in [-0.1, -0.05) is 13.8 Å². The molecule has 1 aliphatic heterocycles. The highest BCUT2D eigenvalue weighted by atomic mass is 16.5. The highest BCUT2D eigenvalue weighted by molar-refractivity contribution is 6.02. The fraction of sp³-hybridized carbons (Fsp3) is 0.556. The maximum absolute atomic E-state index is 12.8. The Hall–Kier alpha value is -2.48. The van der Waals surface area contributed by atoms with Gasteiger partial charge in [0.05, 0.1) is 19.1 Å². The Morgan fingerprint density at radius 2 is 2.08 bits per heavy atom. The second kappa shape index (κ2) is 6.68. The zero-order valence-corrected chi connectivity index (χ0v) is 14.8. The number of pyridine rings is 1. The average molecular weight is 362 g/mol. The highest BCUT2D eigenvalue weighted by Crippen LogP contribution is 2.33. The molecule has 0 spiro atoms. The Morgan fingerprint density at radius 1 is 1.35 bits per heavy atom. The van der Waals surface area contributed by atoms with Gasteiger partial charge in [-0.15, -0.1) is 0 Å². The molecule has 2 aliphatic rings. The van der Waals surface area contributed by atoms with Crippen LogP contribution in [0.3, 0.4) is 0 Å². The number of Topliss-reactive ketones (excluding diaryl/α,β-unsaturated/α-hetero) is 1. The number of ketones is 1. The van der Waals surface area contributed by atoms with Crippen molar-refractivity contribution in [3.05, 3.63) is 33.2 Å². The molecule has 1 fully saturated rings. The first-order chi connectivity index (χ1) is 12.2. The maximum Gasteiger partial charge on any atom is 0.306 e. The number of aromatic nitrogens is 1. The number of nitrogens with zero attached hydrogens (tertiary/aromatic N) is 1. The molecule has 1 unspecified atom stereocenters. The van der Waals surface area contributed by atoms with Gasteiger partial charge in [-0.2, -0.15) is 0 Å². The van der Waals surface area contributed by atoms with E-state index in [1.165, 1.54) is 11.0 Å². The number of amides is 1. The molecule has 26 heavy (non-hydrogen) atoms. The minimum absolute atomic E-state index is 0.0900. The van der Waals surface area contributed by atoms with Crippen LogP contribution in [-0.2, 0) is 16.0 Å². The lowest BCUT2D eigenvalue weighted by molar-refractivity contribution is -0.141. The number of morpholine rings is 1. The van der Waals surface area contributed by atoms with E-state index < -0.39 is 23.5 Å². The van der Waals surface area contributed by atoms with Gasteiger partial charge >= 0.3 is 5.97 Å². The van der Waals surface area contributed by atoms with Gasteiger partial charge in [-0.25, -0.2) is 0 Å². The predicted molar refractivity (Wildman–Crippen MR) is 91.4 cm³/mol. The number of H-pyrrole nitrogens is 1. The lowest BCUT2D eigenvalue weighted by Crippen LogP contribution is -2.47. The van der Waals surface area contributed by atoms with Crippen molar-refractivity contribution >= 4 is 17.7 Å². The van der Waals surface area contributed by atoms with Crippen LogP contribution in [0.15, 0.2) is 10.9 Å². The number of carboxylic acid groups (broad SMARTS) is 1. The van der Waals surface area contributed by atoms with Crippen LogP contribution >= 0.6 is 0 Å². The Kier molecular flexibility index (Phi) is 4.70. The molecule has 2 heterocycles. The van der Waals surface area contributed by atoms with Crippen LogP contribution in [0.1, 0.15) is 53.1 Å². The quantitative estimate of drug-likeness (QED) is 0.823. The van der Waals surface area contributed by atoms with Crippen molar-refractivity contribution in [2.45, 2.75) is 39.2 Å². The largest absolute Gasteiger partial charge is 0.481 e. The molecule has 140 valence electrons. The summed E-state index contributed by atoms with van der Waals surface area (Å²) in [6.45, 7) is 4.50. The number of hydrogen-bond donors (Lipinski definition) is 2. The smallest absolute Gasteiger partial charge is 0.306 e. The molecule has 1 saturated heterocycles. The molecule has 8 heteroatoms. The van der Waals surface area contributed by atoms with E-state index in [4.69, 9.17) is 9.84 Å². The zero-order chi connectivity index (χ0) is 19.1. The fourth-order valence-electron chi connectivity index (χ4n) is 3.58. The molecule has 0 radical (unpaired) electrons. The number of carboxylic acids is 1. The van der Waals surface area contributed by atoms with Gasteiger partial charge in [0, 0.05) is 30.8 Å². The summed E-state index contributed by atoms with van der Waals surface area (Å²) in [6.07, 6.45) is 0.107. The number of fused-ring (bicyclic) bond motifs is 1. The second-order valence-corrected chi connectivity index (χ2v) is 7.69. The van der Waals surface area contributed by atoms with Gasteiger partial charge in [-0.3, -0.25) is 19.2 Å². The molecule has 0 bridgehead atoms. The lowest BCUT2D eigenvalue weighted by Gasteiger charge is -2.33. The van der Waals surface area contributed by atoms with Crippen LogP contribution < -0.4 is 5.56 Å². The van der Waals surface area contributed by atoms with Gasteiger partial charge in [0.1, 0.15) is 5.56 Å². The number of aromatic amines is 1. The first-order valence-corrected chi connectivity index (χ1v) is 8.58. The third kappa shape index (κ3) is 3.70. The first kappa shape index (κ1) is 18.3. The van der Waals surface area contributed by atoms with E-state index in [-0.39, 0.29) is 42.9 Å². The SMILES string of the molecule is CC1(C)CC(=O)c2cc(C(=O)N3CCOC(CC(=O)O)C3)c(=O)[nH]c2C1. The minimum Gasteiger partial charge on any atom is -0.481 e. The molecule has 1 amide bonds. The Morgan fingerprint density at radius 3 is 2.77 bits per heavy atom. The Bertz CT molecular complexity index is 825. The number of carbonyl (C=O) groups excluding carboxylic acids is 2. The summed E-state index contributed by atoms with van der Waals surface area (Å²) in [5.74, 6) is -1.61. The molecule has 1 atom stereocenters. The number of carbonyl (C=O) groups is 3. The van der Waals surface area contributed by atoms with Crippen molar-refractivity contribution in [2.75, 3.05) is 19.7 Å². The summed E-state index contributed by atoms with van der Waals surface area (Å²) in [5.41, 5.74) is 0.113. The van der Waals surface area contributed by atoms with Crippen molar-refractivity contribution in [3.63, 3.8) is 0 Å². The Labute approximate surface area is 150 Å². The predicted octanol–water partition coefficient (Wildman–Crippen LogP) is 0.846. The van der Waals surface area contributed by atoms with Crippen molar-refractivity contribution in [2.24, 2.45) is 5.41 Å². The van der Waals surface area contributed by atoms with Crippen LogP contribution in [0.4, 0.5) is 0 Å². The van der Waals surface area contributed by atoms with Crippen molar-refractivity contribution in [1.29, 1.82) is 0 Å². The van der Waals surface area contributed by atoms with E-state index in [1.54, 1.807) is 0 Å². The van der Waals surface area contributed by atoms with E-state index in [0.29, 0.717) is 24.1 Å². The maximum atomic E-state index is 12.8. The molecule has 1 aromatic heterocycles. The minimum atomic E-state index is -1.01. The molecule has 2 N–H and O–H groups in total. The summed E-state index contributed by atoms with van der Waals surface area (Å²) >= 11 is 0. The van der Waals surface area contributed by atoms with E-state index in [9.17, 15) is 19.2 Å². The van der Waals surface area contributed by atoms with Gasteiger partial charge in [0.2, 0.25) is 0 Å². The van der Waals surface area contributed by atoms with E-state index in [2.05, 4.69) is 4.98 Å². The standard InChI is InChI=1S/C18H22N2O6/c1-18(2)7-13-11(14(21)8-18)6-12(16(24)19-13)17(25)20-3-4-26-10(9-20)5-15(22)23/h6,10H,3-5,7-9H2,1-2H3,(H,19,24)(H,22,23). The third-order valence-corrected chi connectivity index (χ3v) is 4.78. The third-order valence-electron chi connectivity index (χ3n) is 4.78. The summed E-state index contributed by atoms with van der Waals surface area (Å²) in [5, 5.41) is 8.88. The van der Waals surface area contributed by atoms with Gasteiger partial charge < -0.3 is 19.7 Å². The number of hydrogen-bond acceptors (Lipinski definition) is 5. The zero-order valence-electron chi connectivity index (χ0n) is 14.8. The summed E-state index contributed by atoms with van der Waals surface area (Å²) in [7, 11) is 0. The normalized spacial score (nSPS) is 22.0.